The van der Waals surface area contributed by atoms with Crippen molar-refractivity contribution in [2.45, 2.75) is 178 Å². The highest BCUT2D eigenvalue weighted by molar-refractivity contribution is 8.00. The van der Waals surface area contributed by atoms with Crippen molar-refractivity contribution in [2.75, 3.05) is 66.4 Å². The molecule has 131 heavy (non-hydrogen) atoms. The van der Waals surface area contributed by atoms with E-state index in [-0.39, 0.29) is 81.1 Å². The number of phenolic OH excluding ortho intramolecular Hbond substituents is 2. The van der Waals surface area contributed by atoms with E-state index in [1.54, 1.807) is 143 Å². The summed E-state index contributed by atoms with van der Waals surface area (Å²) >= 11 is 0.827. The summed E-state index contributed by atoms with van der Waals surface area (Å²) in [5, 5.41) is 55.7. The van der Waals surface area contributed by atoms with E-state index >= 15 is 38.4 Å². The maximum atomic E-state index is 15.5. The number of carbonyl (C=O) groups is 16. The molecule has 702 valence electrons. The standard InChI is InChI=1S/C94H121N17O19S/c1-11-12-27-75-92(128)108(7)52-80(116)100-71(47-82(118)119)88(124)106-83(56(4)5)94(130)110(9)76(44-61-28-30-62(48-95)31-29-61)89(125)104-72(43-60-34-38-65(113)39-35-60)90(126)107(6)51-79(115)99-70(46-63-49-97-67-26-20-19-25-66(63)67)87(123)103-69(41-59-32-36-64(112)37-33-59)86(122)102-68(40-55(2)3)85(121)105-74(84(120)98-50-78(96)114)53-131-54-81(117)101-73(42-57-21-15-13-16-22-57)91(127)111(10)77(93(129)109(75)8)45-58-23-17-14-18-24-58/h13-26,28-39,49,55-56,68-77,83,97,112-113H,11-12,27,40-48,50-54,95H2,1-10H3,(H2,96,114)(H,98,120)(H,99,115)(H,100,116)(H,101,117)(H,102,122)(H,103,123)(H,104,125)(H,105,121)(H,106,124)(H,118,119)/t68-,69-,70-,71-,72-,73-,74-,75-,76-,77-,83-/m0/s1. The fourth-order valence-electron chi connectivity index (χ4n) is 15.1. The van der Waals surface area contributed by atoms with Gasteiger partial charge in [0, 0.05) is 103 Å². The summed E-state index contributed by atoms with van der Waals surface area (Å²) in [7, 11) is 6.52. The molecule has 0 spiro atoms. The number of hydrogen-bond donors (Lipinski definition) is 15. The van der Waals surface area contributed by atoms with Crippen LogP contribution < -0.4 is 59.3 Å². The zero-order valence-corrected chi connectivity index (χ0v) is 76.1. The van der Waals surface area contributed by atoms with Gasteiger partial charge in [-0.3, -0.25) is 76.7 Å². The van der Waals surface area contributed by atoms with E-state index in [4.69, 9.17) is 11.5 Å². The number of likely N-dealkylation sites (N-methyl/N-ethyl adjacent to an activating group) is 5. The summed E-state index contributed by atoms with van der Waals surface area (Å²) in [5.41, 5.74) is 15.7. The van der Waals surface area contributed by atoms with Crippen molar-refractivity contribution in [2.24, 2.45) is 23.3 Å². The van der Waals surface area contributed by atoms with Crippen LogP contribution in [-0.2, 0) is 122 Å². The molecule has 1 saturated heterocycles. The smallest absolute Gasteiger partial charge is 0.305 e. The molecule has 8 rings (SSSR count). The predicted octanol–water partition coefficient (Wildman–Crippen LogP) is 1.79. The van der Waals surface area contributed by atoms with Crippen LogP contribution >= 0.6 is 11.8 Å². The Morgan fingerprint density at radius 1 is 0.466 bits per heavy atom. The third-order valence-electron chi connectivity index (χ3n) is 22.5. The van der Waals surface area contributed by atoms with E-state index in [1.165, 1.54) is 93.6 Å². The molecule has 0 bridgehead atoms. The van der Waals surface area contributed by atoms with Crippen LogP contribution in [0.25, 0.3) is 10.9 Å². The minimum Gasteiger partial charge on any atom is -0.508 e. The molecule has 37 heteroatoms. The van der Waals surface area contributed by atoms with E-state index in [1.807, 2.05) is 6.92 Å². The zero-order chi connectivity index (χ0) is 95.9. The number of nitrogens with zero attached hydrogens (tertiary/aromatic N) is 5. The molecule has 0 saturated carbocycles. The number of nitrogens with two attached hydrogens (primary N) is 2. The number of aromatic amines is 1. The summed E-state index contributed by atoms with van der Waals surface area (Å²) in [6.07, 6.45) is -0.00543. The first-order valence-electron chi connectivity index (χ1n) is 43.3. The quantitative estimate of drug-likeness (QED) is 0.0410. The molecule has 1 aromatic heterocycles. The lowest BCUT2D eigenvalue weighted by Gasteiger charge is -2.37. The van der Waals surface area contributed by atoms with Gasteiger partial charge in [0.25, 0.3) is 0 Å². The van der Waals surface area contributed by atoms with Gasteiger partial charge < -0.3 is 104 Å². The summed E-state index contributed by atoms with van der Waals surface area (Å²) in [5.74, 6) is -17.6. The highest BCUT2D eigenvalue weighted by atomic mass is 32.2. The number of phenols is 2. The largest absolute Gasteiger partial charge is 0.508 e. The average molecular weight is 1830 g/mol. The first kappa shape index (κ1) is 103. The van der Waals surface area contributed by atoms with E-state index in [0.717, 1.165) is 26.5 Å². The van der Waals surface area contributed by atoms with Gasteiger partial charge in [0.1, 0.15) is 78.0 Å². The van der Waals surface area contributed by atoms with Crippen molar-refractivity contribution in [1.82, 2.24) is 77.3 Å². The molecule has 7 aromatic rings. The van der Waals surface area contributed by atoms with E-state index in [0.29, 0.717) is 62.7 Å². The van der Waals surface area contributed by atoms with E-state index in [9.17, 15) is 53.7 Å². The Balaban J connectivity index is 1.22. The van der Waals surface area contributed by atoms with Crippen LogP contribution in [0.1, 0.15) is 106 Å². The number of carboxylic acids is 1. The first-order valence-corrected chi connectivity index (χ1v) is 44.5. The van der Waals surface area contributed by atoms with Gasteiger partial charge in [0.15, 0.2) is 0 Å². The maximum Gasteiger partial charge on any atom is 0.305 e. The van der Waals surface area contributed by atoms with Crippen molar-refractivity contribution in [3.05, 3.63) is 203 Å². The van der Waals surface area contributed by atoms with Gasteiger partial charge >= 0.3 is 5.97 Å². The lowest BCUT2D eigenvalue weighted by atomic mass is 9.97. The minimum atomic E-state index is -1.92. The van der Waals surface area contributed by atoms with Crippen molar-refractivity contribution in [3.8, 4) is 11.5 Å². The lowest BCUT2D eigenvalue weighted by molar-refractivity contribution is -0.151. The normalized spacial score (nSPS) is 21.8. The molecule has 1 fully saturated rings. The first-order chi connectivity index (χ1) is 62.3. The third kappa shape index (κ3) is 31.0. The number of aliphatic carboxylic acids is 1. The zero-order valence-electron chi connectivity index (χ0n) is 75.3. The summed E-state index contributed by atoms with van der Waals surface area (Å²) in [6, 6.07) is 25.4. The maximum absolute atomic E-state index is 15.5. The van der Waals surface area contributed by atoms with Gasteiger partial charge in [-0.15, -0.1) is 11.8 Å². The number of thioether (sulfide) groups is 1. The second-order valence-corrected chi connectivity index (χ2v) is 34.6. The van der Waals surface area contributed by atoms with Crippen LogP contribution in [0.15, 0.2) is 164 Å². The highest BCUT2D eigenvalue weighted by Crippen LogP contribution is 2.25. The summed E-state index contributed by atoms with van der Waals surface area (Å²) < 4.78 is 0. The van der Waals surface area contributed by atoms with E-state index < -0.39 is 199 Å². The second-order valence-electron chi connectivity index (χ2n) is 33.6. The number of benzene rings is 6. The number of amides is 15. The number of unbranched alkanes of at least 4 members (excludes halogenated alkanes) is 1. The fourth-order valence-corrected chi connectivity index (χ4v) is 16.0. The number of fused-ring (bicyclic) bond motifs is 1. The molecular weight excluding hydrogens is 1700 g/mol. The molecule has 36 nitrogen and oxygen atoms in total. The van der Waals surface area contributed by atoms with Gasteiger partial charge in [-0.25, -0.2) is 0 Å². The topological polar surface area (TPSA) is 526 Å². The predicted molar refractivity (Wildman–Crippen MR) is 490 cm³/mol. The van der Waals surface area contributed by atoms with Crippen molar-refractivity contribution in [3.63, 3.8) is 0 Å². The third-order valence-corrected chi connectivity index (χ3v) is 23.5. The monoisotopic (exact) mass is 1820 g/mol. The number of aromatic nitrogens is 1. The molecular formula is C94H121N17O19S. The van der Waals surface area contributed by atoms with Crippen LogP contribution in [0.4, 0.5) is 0 Å². The Hall–Kier alpha value is -13.7. The molecule has 1 aliphatic heterocycles. The minimum absolute atomic E-state index is 0.0252. The number of H-pyrrole nitrogens is 1. The molecule has 11 atom stereocenters. The SMILES string of the molecule is CCCC[C@H]1C(=O)N(C)CC(=O)N[C@@H](CC(=O)O)C(=O)N[C@@H](C(C)C)C(=O)N(C)[C@@H](Cc2ccc(CN)cc2)C(=O)N[C@@H](Cc2ccc(O)cc2)C(=O)N(C)CC(=O)N[C@@H](Cc2c[nH]c3ccccc23)C(=O)N[C@@H](Cc2ccc(O)cc2)C(=O)N[C@@H](CC(C)C)C(=O)N[C@H](C(=O)NCC(N)=O)CSCC(=O)N[C@@H](Cc2ccccc2)C(=O)N(C)[C@@H](Cc2ccccc2)C(=O)N1C. The van der Waals surface area contributed by atoms with Crippen LogP contribution in [0, 0.1) is 11.8 Å². The van der Waals surface area contributed by atoms with Crippen LogP contribution in [0.2, 0.25) is 0 Å². The Morgan fingerprint density at radius 3 is 1.47 bits per heavy atom. The number of aromatic hydroxyl groups is 2. The van der Waals surface area contributed by atoms with E-state index in [2.05, 4.69) is 52.8 Å². The molecule has 2 heterocycles. The second kappa shape index (κ2) is 49.7. The summed E-state index contributed by atoms with van der Waals surface area (Å²) in [6.45, 7) is 6.28. The Morgan fingerprint density at radius 2 is 0.916 bits per heavy atom. The van der Waals surface area contributed by atoms with Crippen molar-refractivity contribution < 1.29 is 92.0 Å². The molecule has 0 aliphatic carbocycles. The number of para-hydroxylation sites is 1. The van der Waals surface area contributed by atoms with Crippen LogP contribution in [0.3, 0.4) is 0 Å². The Kier molecular flexibility index (Phi) is 39.0. The van der Waals surface area contributed by atoms with Crippen LogP contribution in [-0.4, -0.2) is 272 Å². The highest BCUT2D eigenvalue weighted by Gasteiger charge is 2.42. The molecule has 15 amide bonds. The molecule has 1 aliphatic rings. The van der Waals surface area contributed by atoms with Crippen LogP contribution in [0.5, 0.6) is 11.5 Å². The fraction of sp³-hybridized carbons (Fsp3) is 0.426. The van der Waals surface area contributed by atoms with Gasteiger partial charge in [-0.2, -0.15) is 0 Å². The Labute approximate surface area is 765 Å². The average Bonchev–Trinajstić information content (AvgIpc) is 0.947. The van der Waals surface area contributed by atoms with Gasteiger partial charge in [0.2, 0.25) is 88.6 Å². The number of carbonyl (C=O) groups excluding carboxylic acids is 15. The van der Waals surface area contributed by atoms with Crippen molar-refractivity contribution in [1.29, 1.82) is 0 Å². The lowest BCUT2D eigenvalue weighted by Crippen LogP contribution is -2.61. The van der Waals surface area contributed by atoms with Gasteiger partial charge in [0.05, 0.1) is 31.8 Å². The Bertz CT molecular complexity index is 5140. The molecule has 0 unspecified atom stereocenters. The number of rotatable bonds is 24. The molecule has 0 radical (unpaired) electrons. The molecule has 6 aromatic carbocycles. The van der Waals surface area contributed by atoms with Crippen molar-refractivity contribution >= 4 is 117 Å². The number of hydrogen-bond acceptors (Lipinski definition) is 20. The van der Waals surface area contributed by atoms with Gasteiger partial charge in [-0.1, -0.05) is 175 Å². The number of primary amides is 1. The molecule has 17 N–H and O–H groups in total. The van der Waals surface area contributed by atoms with Gasteiger partial charge in [-0.05, 0) is 94.0 Å². The number of nitrogens with one attached hydrogen (secondary N) is 10. The summed E-state index contributed by atoms with van der Waals surface area (Å²) in [4.78, 5) is 244. The number of carboxylic acid groups (broad SMARTS) is 1.